The van der Waals surface area contributed by atoms with Gasteiger partial charge in [0.15, 0.2) is 0 Å². The van der Waals surface area contributed by atoms with E-state index in [1.165, 1.54) is 23.1 Å². The average Bonchev–Trinajstić information content (AvgIpc) is 2.98. The fourth-order valence-electron chi connectivity index (χ4n) is 2.96. The second-order valence-corrected chi connectivity index (χ2v) is 6.09. The Labute approximate surface area is 141 Å². The van der Waals surface area contributed by atoms with Gasteiger partial charge in [0.25, 0.3) is 0 Å². The molecule has 0 aliphatic heterocycles. The summed E-state index contributed by atoms with van der Waals surface area (Å²) in [5.74, 6) is -0.188. The molecule has 1 aromatic heterocycles. The van der Waals surface area contributed by atoms with E-state index in [1.807, 2.05) is 24.4 Å². The third-order valence-corrected chi connectivity index (χ3v) is 4.25. The normalized spacial score (nSPS) is 10.9. The number of carbonyl (C=O) groups is 1. The molecule has 1 N–H and O–H groups in total. The van der Waals surface area contributed by atoms with Crippen LogP contribution >= 0.6 is 0 Å². The zero-order valence-corrected chi connectivity index (χ0v) is 13.8. The number of carbonyl (C=O) groups excluding carboxylic acids is 1. The van der Waals surface area contributed by atoms with Crippen molar-refractivity contribution in [2.75, 3.05) is 7.05 Å². The minimum atomic E-state index is -0.271. The second kappa shape index (κ2) is 7.30. The van der Waals surface area contributed by atoms with E-state index in [4.69, 9.17) is 0 Å². The molecular formula is C20H21FN2O. The number of benzene rings is 2. The maximum absolute atomic E-state index is 13.2. The van der Waals surface area contributed by atoms with Crippen LogP contribution in [0.15, 0.2) is 54.7 Å². The Hall–Kier alpha value is -2.62. The largest absolute Gasteiger partial charge is 0.361 e. The van der Waals surface area contributed by atoms with Gasteiger partial charge < -0.3 is 9.88 Å². The molecule has 124 valence electrons. The van der Waals surface area contributed by atoms with Gasteiger partial charge in [-0.1, -0.05) is 30.3 Å². The molecule has 0 spiro atoms. The van der Waals surface area contributed by atoms with Crippen LogP contribution in [-0.2, 0) is 17.8 Å². The van der Waals surface area contributed by atoms with Crippen LogP contribution in [0.4, 0.5) is 4.39 Å². The molecule has 4 heteroatoms. The van der Waals surface area contributed by atoms with Gasteiger partial charge >= 0.3 is 0 Å². The number of nitrogens with zero attached hydrogens (tertiary/aromatic N) is 1. The Morgan fingerprint density at radius 1 is 1.17 bits per heavy atom. The molecular weight excluding hydrogens is 303 g/mol. The van der Waals surface area contributed by atoms with Crippen molar-refractivity contribution in [2.45, 2.75) is 25.8 Å². The zero-order chi connectivity index (χ0) is 16.9. The Bertz CT molecular complexity index is 840. The predicted molar refractivity (Wildman–Crippen MR) is 94.1 cm³/mol. The number of amides is 1. The summed E-state index contributed by atoms with van der Waals surface area (Å²) in [5.41, 5.74) is 3.18. The van der Waals surface area contributed by atoms with Crippen LogP contribution in [0.1, 0.15) is 24.0 Å². The fourth-order valence-corrected chi connectivity index (χ4v) is 2.96. The van der Waals surface area contributed by atoms with Gasteiger partial charge in [-0.2, -0.15) is 0 Å². The van der Waals surface area contributed by atoms with E-state index in [1.54, 1.807) is 18.0 Å². The van der Waals surface area contributed by atoms with Crippen LogP contribution < -0.4 is 0 Å². The van der Waals surface area contributed by atoms with E-state index in [2.05, 4.69) is 17.1 Å². The van der Waals surface area contributed by atoms with Gasteiger partial charge in [0.1, 0.15) is 5.82 Å². The first kappa shape index (κ1) is 16.2. The van der Waals surface area contributed by atoms with Crippen LogP contribution in [0.2, 0.25) is 0 Å². The molecule has 0 fully saturated rings. The maximum Gasteiger partial charge on any atom is 0.222 e. The topological polar surface area (TPSA) is 36.1 Å². The first-order valence-electron chi connectivity index (χ1n) is 8.17. The maximum atomic E-state index is 13.2. The summed E-state index contributed by atoms with van der Waals surface area (Å²) in [5, 5.41) is 1.22. The van der Waals surface area contributed by atoms with Gasteiger partial charge in [0.05, 0.1) is 0 Å². The van der Waals surface area contributed by atoms with Gasteiger partial charge in [-0.3, -0.25) is 4.79 Å². The molecule has 1 heterocycles. The average molecular weight is 324 g/mol. The van der Waals surface area contributed by atoms with Crippen molar-refractivity contribution in [1.82, 2.24) is 9.88 Å². The van der Waals surface area contributed by atoms with Gasteiger partial charge in [-0.15, -0.1) is 0 Å². The molecule has 0 unspecified atom stereocenters. The lowest BCUT2D eigenvalue weighted by molar-refractivity contribution is -0.130. The lowest BCUT2D eigenvalue weighted by atomic mass is 10.1. The van der Waals surface area contributed by atoms with Crippen molar-refractivity contribution in [2.24, 2.45) is 0 Å². The van der Waals surface area contributed by atoms with Crippen molar-refractivity contribution in [1.29, 1.82) is 0 Å². The summed E-state index contributed by atoms with van der Waals surface area (Å²) < 4.78 is 13.2. The SMILES string of the molecule is CN(Cc1cccc(F)c1)C(=O)CCCc1c[nH]c2ccccc12. The molecule has 3 nitrogen and oxygen atoms in total. The molecule has 3 aromatic rings. The number of para-hydroxylation sites is 1. The highest BCUT2D eigenvalue weighted by Crippen LogP contribution is 2.19. The van der Waals surface area contributed by atoms with Crippen molar-refractivity contribution in [3.05, 3.63) is 71.7 Å². The number of hydrogen-bond acceptors (Lipinski definition) is 1. The van der Waals surface area contributed by atoms with Crippen LogP contribution in [0, 0.1) is 5.82 Å². The first-order chi connectivity index (χ1) is 11.6. The van der Waals surface area contributed by atoms with Crippen LogP contribution in [-0.4, -0.2) is 22.8 Å². The Kier molecular flexibility index (Phi) is 4.94. The quantitative estimate of drug-likeness (QED) is 0.721. The second-order valence-electron chi connectivity index (χ2n) is 6.09. The van der Waals surface area contributed by atoms with Crippen molar-refractivity contribution in [3.8, 4) is 0 Å². The molecule has 24 heavy (non-hydrogen) atoms. The number of rotatable bonds is 6. The number of hydrogen-bond donors (Lipinski definition) is 1. The standard InChI is InChI=1S/C20H21FN2O/c1-23(14-15-6-4-8-17(21)12-15)20(24)11-5-7-16-13-22-19-10-3-2-9-18(16)19/h2-4,6,8-10,12-13,22H,5,7,11,14H2,1H3. The van der Waals surface area contributed by atoms with Gasteiger partial charge in [0, 0.05) is 37.1 Å². The third kappa shape index (κ3) is 3.82. The zero-order valence-electron chi connectivity index (χ0n) is 13.8. The molecule has 0 aliphatic carbocycles. The Balaban J connectivity index is 1.51. The van der Waals surface area contributed by atoms with E-state index >= 15 is 0 Å². The molecule has 2 aromatic carbocycles. The monoisotopic (exact) mass is 324 g/mol. The molecule has 3 rings (SSSR count). The summed E-state index contributed by atoms with van der Waals surface area (Å²) in [7, 11) is 1.76. The van der Waals surface area contributed by atoms with Gasteiger partial charge in [-0.05, 0) is 42.2 Å². The highest BCUT2D eigenvalue weighted by molar-refractivity contribution is 5.83. The molecule has 0 bridgehead atoms. The molecule has 0 atom stereocenters. The minimum absolute atomic E-state index is 0.0825. The van der Waals surface area contributed by atoms with Crippen LogP contribution in [0.5, 0.6) is 0 Å². The first-order valence-corrected chi connectivity index (χ1v) is 8.17. The van der Waals surface area contributed by atoms with Gasteiger partial charge in [-0.25, -0.2) is 4.39 Å². The predicted octanol–water partition coefficient (Wildman–Crippen LogP) is 4.29. The van der Waals surface area contributed by atoms with E-state index in [-0.39, 0.29) is 11.7 Å². The smallest absolute Gasteiger partial charge is 0.222 e. The Morgan fingerprint density at radius 3 is 2.83 bits per heavy atom. The highest BCUT2D eigenvalue weighted by atomic mass is 19.1. The number of halogens is 1. The number of nitrogens with one attached hydrogen (secondary N) is 1. The fraction of sp³-hybridized carbons (Fsp3) is 0.250. The van der Waals surface area contributed by atoms with Crippen molar-refractivity contribution < 1.29 is 9.18 Å². The number of aromatic amines is 1. The minimum Gasteiger partial charge on any atom is -0.361 e. The Morgan fingerprint density at radius 2 is 2.00 bits per heavy atom. The van der Waals surface area contributed by atoms with Gasteiger partial charge in [0.2, 0.25) is 5.91 Å². The summed E-state index contributed by atoms with van der Waals surface area (Å²) in [6.45, 7) is 0.434. The third-order valence-electron chi connectivity index (χ3n) is 4.25. The molecule has 0 aliphatic rings. The summed E-state index contributed by atoms with van der Waals surface area (Å²) in [4.78, 5) is 17.2. The number of aromatic nitrogens is 1. The van der Waals surface area contributed by atoms with Crippen LogP contribution in [0.3, 0.4) is 0 Å². The molecule has 0 saturated heterocycles. The molecule has 0 saturated carbocycles. The number of H-pyrrole nitrogens is 1. The number of aryl methyl sites for hydroxylation is 1. The van der Waals surface area contributed by atoms with Crippen LogP contribution in [0.25, 0.3) is 10.9 Å². The summed E-state index contributed by atoms with van der Waals surface area (Å²) in [6, 6.07) is 14.6. The van der Waals surface area contributed by atoms with E-state index in [9.17, 15) is 9.18 Å². The summed E-state index contributed by atoms with van der Waals surface area (Å²) >= 11 is 0. The lowest BCUT2D eigenvalue weighted by Crippen LogP contribution is -2.26. The van der Waals surface area contributed by atoms with E-state index in [0.717, 1.165) is 23.9 Å². The van der Waals surface area contributed by atoms with E-state index < -0.39 is 0 Å². The summed E-state index contributed by atoms with van der Waals surface area (Å²) in [6.07, 6.45) is 4.18. The lowest BCUT2D eigenvalue weighted by Gasteiger charge is -2.17. The molecule has 0 radical (unpaired) electrons. The van der Waals surface area contributed by atoms with Crippen molar-refractivity contribution >= 4 is 16.8 Å². The number of fused-ring (bicyclic) bond motifs is 1. The highest BCUT2D eigenvalue weighted by Gasteiger charge is 2.10. The molecule has 1 amide bonds. The van der Waals surface area contributed by atoms with E-state index in [0.29, 0.717) is 13.0 Å². The van der Waals surface area contributed by atoms with Crippen molar-refractivity contribution in [3.63, 3.8) is 0 Å².